The highest BCUT2D eigenvalue weighted by Crippen LogP contribution is 2.16. The van der Waals surface area contributed by atoms with Crippen molar-refractivity contribution in [3.05, 3.63) is 75.8 Å². The van der Waals surface area contributed by atoms with Gasteiger partial charge >= 0.3 is 5.97 Å². The van der Waals surface area contributed by atoms with Crippen LogP contribution in [0, 0.1) is 6.92 Å². The zero-order valence-electron chi connectivity index (χ0n) is 15.7. The molecule has 144 valence electrons. The summed E-state index contributed by atoms with van der Waals surface area (Å²) in [5, 5.41) is 0. The minimum Gasteiger partial charge on any atom is -0.459 e. The number of Topliss-reactive ketones (excluding diaryl/α,β-unsaturated/α-hetero) is 1. The summed E-state index contributed by atoms with van der Waals surface area (Å²) in [7, 11) is 0. The van der Waals surface area contributed by atoms with E-state index in [0.29, 0.717) is 16.9 Å². The number of ether oxygens (including phenoxy) is 1. The van der Waals surface area contributed by atoms with E-state index in [9.17, 15) is 14.4 Å². The summed E-state index contributed by atoms with van der Waals surface area (Å²) < 4.78 is 6.67. The average Bonchev–Trinajstić information content (AvgIpc) is 2.70. The molecular weight excluding hydrogens is 376 g/mol. The number of rotatable bonds is 7. The number of aromatic nitrogens is 2. The van der Waals surface area contributed by atoms with Gasteiger partial charge in [-0.2, -0.15) is 0 Å². The van der Waals surface area contributed by atoms with E-state index >= 15 is 0 Å². The molecule has 2 heterocycles. The van der Waals surface area contributed by atoms with Gasteiger partial charge in [0.2, 0.25) is 0 Å². The van der Waals surface area contributed by atoms with Crippen LogP contribution < -0.4 is 5.56 Å². The van der Waals surface area contributed by atoms with Gasteiger partial charge in [-0.1, -0.05) is 18.2 Å². The molecule has 3 aromatic rings. The number of carbonyl (C=O) groups is 2. The summed E-state index contributed by atoms with van der Waals surface area (Å²) in [6.45, 7) is 1.72. The minimum atomic E-state index is -0.500. The first kappa shape index (κ1) is 19.8. The molecule has 0 aliphatic heterocycles. The molecule has 0 aliphatic carbocycles. The van der Waals surface area contributed by atoms with Gasteiger partial charge in [0, 0.05) is 28.6 Å². The summed E-state index contributed by atoms with van der Waals surface area (Å²) in [5.74, 6) is -0.609. The van der Waals surface area contributed by atoms with E-state index in [1.807, 2.05) is 37.4 Å². The summed E-state index contributed by atoms with van der Waals surface area (Å²) in [4.78, 5) is 41.8. The SMILES string of the molecule is CSc1ccc(C(=O)CCC(=O)OCc2cc(=O)n3c(C)cccc3n2)cc1. The lowest BCUT2D eigenvalue weighted by Gasteiger charge is -2.07. The fraction of sp³-hybridized carbons (Fsp3) is 0.238. The first-order valence-electron chi connectivity index (χ1n) is 8.79. The van der Waals surface area contributed by atoms with Crippen molar-refractivity contribution in [2.45, 2.75) is 31.3 Å². The molecule has 0 fully saturated rings. The molecule has 0 bridgehead atoms. The number of benzene rings is 1. The van der Waals surface area contributed by atoms with Gasteiger partial charge < -0.3 is 4.74 Å². The normalized spacial score (nSPS) is 10.8. The zero-order chi connectivity index (χ0) is 20.1. The van der Waals surface area contributed by atoms with E-state index in [1.165, 1.54) is 10.5 Å². The first-order chi connectivity index (χ1) is 13.5. The second kappa shape index (κ2) is 8.84. The highest BCUT2D eigenvalue weighted by Gasteiger charge is 2.12. The molecular formula is C21H20N2O4S. The van der Waals surface area contributed by atoms with Crippen molar-refractivity contribution in [1.82, 2.24) is 9.38 Å². The smallest absolute Gasteiger partial charge is 0.306 e. The Bertz CT molecular complexity index is 1070. The third-order valence-corrected chi connectivity index (χ3v) is 5.03. The Balaban J connectivity index is 1.56. The lowest BCUT2D eigenvalue weighted by molar-refractivity contribution is -0.145. The van der Waals surface area contributed by atoms with Gasteiger partial charge in [-0.15, -0.1) is 11.8 Å². The average molecular weight is 396 g/mol. The van der Waals surface area contributed by atoms with E-state index in [2.05, 4.69) is 4.98 Å². The second-order valence-electron chi connectivity index (χ2n) is 6.26. The Kier molecular flexibility index (Phi) is 6.26. The predicted octanol–water partition coefficient (Wildman–Crippen LogP) is 3.43. The monoisotopic (exact) mass is 396 g/mol. The van der Waals surface area contributed by atoms with Crippen LogP contribution >= 0.6 is 11.8 Å². The molecule has 0 atom stereocenters. The molecule has 0 aliphatic rings. The first-order valence-corrected chi connectivity index (χ1v) is 10.0. The van der Waals surface area contributed by atoms with Crippen molar-refractivity contribution in [3.8, 4) is 0 Å². The quantitative estimate of drug-likeness (QED) is 0.346. The molecule has 2 aromatic heterocycles. The Morgan fingerprint density at radius 3 is 2.57 bits per heavy atom. The largest absolute Gasteiger partial charge is 0.459 e. The van der Waals surface area contributed by atoms with E-state index < -0.39 is 5.97 Å². The number of thioether (sulfide) groups is 1. The fourth-order valence-corrected chi connectivity index (χ4v) is 3.21. The van der Waals surface area contributed by atoms with Crippen molar-refractivity contribution in [2.24, 2.45) is 0 Å². The topological polar surface area (TPSA) is 77.7 Å². The Labute approximate surface area is 166 Å². The Morgan fingerprint density at radius 2 is 1.86 bits per heavy atom. The molecule has 7 heteroatoms. The lowest BCUT2D eigenvalue weighted by Crippen LogP contribution is -2.18. The number of hydrogen-bond donors (Lipinski definition) is 0. The van der Waals surface area contributed by atoms with Crippen LogP contribution in [0.5, 0.6) is 0 Å². The van der Waals surface area contributed by atoms with Gasteiger partial charge in [0.1, 0.15) is 12.3 Å². The third kappa shape index (κ3) is 4.67. The molecule has 28 heavy (non-hydrogen) atoms. The molecule has 0 amide bonds. The predicted molar refractivity (Wildman–Crippen MR) is 108 cm³/mol. The number of aryl methyl sites for hydroxylation is 1. The third-order valence-electron chi connectivity index (χ3n) is 4.28. The van der Waals surface area contributed by atoms with E-state index in [4.69, 9.17) is 4.74 Å². The number of nitrogens with zero attached hydrogens (tertiary/aromatic N) is 2. The molecule has 3 rings (SSSR count). The molecule has 0 saturated carbocycles. The van der Waals surface area contributed by atoms with Gasteiger partial charge in [-0.3, -0.25) is 18.8 Å². The van der Waals surface area contributed by atoms with Crippen LogP contribution in [-0.4, -0.2) is 27.4 Å². The molecule has 0 saturated heterocycles. The van der Waals surface area contributed by atoms with Crippen LogP contribution in [0.3, 0.4) is 0 Å². The van der Waals surface area contributed by atoms with Crippen molar-refractivity contribution >= 4 is 29.2 Å². The van der Waals surface area contributed by atoms with Gasteiger partial charge in [0.25, 0.3) is 5.56 Å². The number of esters is 1. The number of fused-ring (bicyclic) bond motifs is 1. The second-order valence-corrected chi connectivity index (χ2v) is 7.14. The standard InChI is InChI=1S/C21H20N2O4S/c1-14-4-3-5-19-22-16(12-20(25)23(14)19)13-27-21(26)11-10-18(24)15-6-8-17(28-2)9-7-15/h3-9,12H,10-11,13H2,1-2H3. The maximum Gasteiger partial charge on any atom is 0.306 e. The van der Waals surface area contributed by atoms with E-state index in [0.717, 1.165) is 10.6 Å². The van der Waals surface area contributed by atoms with Crippen molar-refractivity contribution in [1.29, 1.82) is 0 Å². The summed E-state index contributed by atoms with van der Waals surface area (Å²) >= 11 is 1.60. The molecule has 0 spiro atoms. The number of carbonyl (C=O) groups excluding carboxylic acids is 2. The molecule has 0 N–H and O–H groups in total. The van der Waals surface area contributed by atoms with E-state index in [-0.39, 0.29) is 30.8 Å². The van der Waals surface area contributed by atoms with Crippen LogP contribution in [0.4, 0.5) is 0 Å². The Morgan fingerprint density at radius 1 is 1.11 bits per heavy atom. The fourth-order valence-electron chi connectivity index (χ4n) is 2.80. The van der Waals surface area contributed by atoms with Crippen LogP contribution in [-0.2, 0) is 16.1 Å². The Hall–Kier alpha value is -2.93. The lowest BCUT2D eigenvalue weighted by atomic mass is 10.1. The van der Waals surface area contributed by atoms with Crippen LogP contribution in [0.15, 0.2) is 58.2 Å². The van der Waals surface area contributed by atoms with Crippen LogP contribution in [0.25, 0.3) is 5.65 Å². The van der Waals surface area contributed by atoms with Crippen LogP contribution in [0.1, 0.15) is 34.6 Å². The molecule has 1 aromatic carbocycles. The number of hydrogen-bond acceptors (Lipinski definition) is 6. The number of ketones is 1. The van der Waals surface area contributed by atoms with Gasteiger partial charge in [-0.05, 0) is 37.4 Å². The highest BCUT2D eigenvalue weighted by atomic mass is 32.2. The summed E-state index contributed by atoms with van der Waals surface area (Å²) in [6.07, 6.45) is 2.02. The van der Waals surface area contributed by atoms with Gasteiger partial charge in [0.15, 0.2) is 5.78 Å². The van der Waals surface area contributed by atoms with Crippen molar-refractivity contribution < 1.29 is 14.3 Å². The van der Waals surface area contributed by atoms with Gasteiger partial charge in [0.05, 0.1) is 12.1 Å². The van der Waals surface area contributed by atoms with Crippen molar-refractivity contribution in [3.63, 3.8) is 0 Å². The van der Waals surface area contributed by atoms with Gasteiger partial charge in [-0.25, -0.2) is 4.98 Å². The van der Waals surface area contributed by atoms with Crippen molar-refractivity contribution in [2.75, 3.05) is 6.26 Å². The number of pyridine rings is 1. The minimum absolute atomic E-state index is 0.0191. The molecule has 0 unspecified atom stereocenters. The van der Waals surface area contributed by atoms with Crippen LogP contribution in [0.2, 0.25) is 0 Å². The summed E-state index contributed by atoms with van der Waals surface area (Å²) in [6, 6.07) is 14.0. The highest BCUT2D eigenvalue weighted by molar-refractivity contribution is 7.98. The zero-order valence-corrected chi connectivity index (χ0v) is 16.5. The summed E-state index contributed by atoms with van der Waals surface area (Å²) in [5.41, 5.74) is 2.01. The maximum absolute atomic E-state index is 12.2. The molecule has 6 nitrogen and oxygen atoms in total. The maximum atomic E-state index is 12.2. The molecule has 0 radical (unpaired) electrons. The van der Waals surface area contributed by atoms with E-state index in [1.54, 1.807) is 30.0 Å².